The van der Waals surface area contributed by atoms with Crippen LogP contribution in [0.3, 0.4) is 0 Å². The van der Waals surface area contributed by atoms with Crippen LogP contribution in [0, 0.1) is 12.8 Å². The summed E-state index contributed by atoms with van der Waals surface area (Å²) >= 11 is 1.64. The summed E-state index contributed by atoms with van der Waals surface area (Å²) in [6.07, 6.45) is 2.29. The van der Waals surface area contributed by atoms with Crippen molar-refractivity contribution in [2.45, 2.75) is 32.2 Å². The van der Waals surface area contributed by atoms with Crippen LogP contribution in [-0.2, 0) is 11.2 Å². The molecule has 4 nitrogen and oxygen atoms in total. The van der Waals surface area contributed by atoms with Gasteiger partial charge in [0.05, 0.1) is 16.6 Å². The fourth-order valence-corrected chi connectivity index (χ4v) is 2.77. The number of rotatable bonds is 3. The number of piperidine rings is 1. The fourth-order valence-electron chi connectivity index (χ4n) is 2.14. The summed E-state index contributed by atoms with van der Waals surface area (Å²) < 4.78 is 0. The lowest BCUT2D eigenvalue weighted by molar-refractivity contribution is -0.142. The molecule has 0 aliphatic carbocycles. The highest BCUT2D eigenvalue weighted by molar-refractivity contribution is 7.09. The molecule has 0 radical (unpaired) electrons. The number of hydrogen-bond acceptors (Lipinski definition) is 4. The summed E-state index contributed by atoms with van der Waals surface area (Å²) in [5.74, 6) is -0.855. The monoisotopic (exact) mass is 240 g/mol. The molecule has 0 bridgehead atoms. The molecule has 88 valence electrons. The average Bonchev–Trinajstić information content (AvgIpc) is 2.64. The van der Waals surface area contributed by atoms with Crippen molar-refractivity contribution in [3.63, 3.8) is 0 Å². The second-order valence-corrected chi connectivity index (χ2v) is 5.33. The molecule has 2 atom stereocenters. The van der Waals surface area contributed by atoms with E-state index in [2.05, 4.69) is 15.7 Å². The van der Waals surface area contributed by atoms with Gasteiger partial charge in [-0.3, -0.25) is 4.79 Å². The highest BCUT2D eigenvalue weighted by atomic mass is 32.1. The molecule has 1 saturated heterocycles. The number of carboxylic acids is 1. The third-order valence-corrected chi connectivity index (χ3v) is 3.79. The van der Waals surface area contributed by atoms with Crippen molar-refractivity contribution >= 4 is 17.3 Å². The zero-order chi connectivity index (χ0) is 11.5. The minimum atomic E-state index is -0.666. The maximum absolute atomic E-state index is 10.9. The van der Waals surface area contributed by atoms with Gasteiger partial charge >= 0.3 is 5.97 Å². The number of aryl methyl sites for hydroxylation is 1. The highest BCUT2D eigenvalue weighted by Gasteiger charge is 2.26. The van der Waals surface area contributed by atoms with Crippen molar-refractivity contribution in [3.05, 3.63) is 16.1 Å². The molecule has 1 aliphatic heterocycles. The molecule has 0 saturated carbocycles. The Kier molecular flexibility index (Phi) is 3.56. The molecule has 0 amide bonds. The van der Waals surface area contributed by atoms with Gasteiger partial charge < -0.3 is 10.4 Å². The van der Waals surface area contributed by atoms with Gasteiger partial charge in [0.15, 0.2) is 0 Å². The van der Waals surface area contributed by atoms with Crippen molar-refractivity contribution in [2.24, 2.45) is 5.92 Å². The van der Waals surface area contributed by atoms with E-state index in [-0.39, 0.29) is 12.0 Å². The zero-order valence-electron chi connectivity index (χ0n) is 9.27. The minimum absolute atomic E-state index is 0.189. The summed E-state index contributed by atoms with van der Waals surface area (Å²) in [5, 5.41) is 15.5. The normalized spacial score (nSPS) is 25.6. The van der Waals surface area contributed by atoms with Crippen molar-refractivity contribution in [3.8, 4) is 0 Å². The molecule has 2 N–H and O–H groups in total. The standard InChI is InChI=1S/C11H16N2O2S/c1-7-13-10(6-16-7)5-9-4-8(11(14)15)2-3-12-9/h6,8-9,12H,2-5H2,1H3,(H,14,15). The Labute approximate surface area is 98.7 Å². The number of carbonyl (C=O) groups is 1. The van der Waals surface area contributed by atoms with Gasteiger partial charge in [-0.25, -0.2) is 4.98 Å². The van der Waals surface area contributed by atoms with Gasteiger partial charge in [-0.1, -0.05) is 0 Å². The minimum Gasteiger partial charge on any atom is -0.481 e. The van der Waals surface area contributed by atoms with E-state index in [0.717, 1.165) is 30.1 Å². The molecule has 16 heavy (non-hydrogen) atoms. The van der Waals surface area contributed by atoms with E-state index in [1.54, 1.807) is 11.3 Å². The van der Waals surface area contributed by atoms with Gasteiger partial charge in [-0.2, -0.15) is 0 Å². The lowest BCUT2D eigenvalue weighted by Crippen LogP contribution is -2.41. The van der Waals surface area contributed by atoms with E-state index in [1.807, 2.05) is 6.92 Å². The molecule has 1 aromatic rings. The SMILES string of the molecule is Cc1nc(CC2CC(C(=O)O)CCN2)cs1. The van der Waals surface area contributed by atoms with E-state index in [0.29, 0.717) is 6.42 Å². The van der Waals surface area contributed by atoms with Crippen molar-refractivity contribution in [1.82, 2.24) is 10.3 Å². The summed E-state index contributed by atoms with van der Waals surface area (Å²) in [7, 11) is 0. The van der Waals surface area contributed by atoms with Gasteiger partial charge in [0, 0.05) is 17.8 Å². The number of hydrogen-bond donors (Lipinski definition) is 2. The number of carboxylic acid groups (broad SMARTS) is 1. The molecule has 1 aliphatic rings. The zero-order valence-corrected chi connectivity index (χ0v) is 10.1. The molecule has 2 unspecified atom stereocenters. The quantitative estimate of drug-likeness (QED) is 0.839. The van der Waals surface area contributed by atoms with Crippen molar-refractivity contribution in [1.29, 1.82) is 0 Å². The lowest BCUT2D eigenvalue weighted by atomic mass is 9.90. The first-order valence-corrected chi connectivity index (χ1v) is 6.40. The first-order valence-electron chi connectivity index (χ1n) is 5.52. The predicted octanol–water partition coefficient (Wildman–Crippen LogP) is 1.45. The second-order valence-electron chi connectivity index (χ2n) is 4.27. The number of nitrogens with zero attached hydrogens (tertiary/aromatic N) is 1. The van der Waals surface area contributed by atoms with Crippen LogP contribution in [0.15, 0.2) is 5.38 Å². The lowest BCUT2D eigenvalue weighted by Gasteiger charge is -2.27. The number of aromatic nitrogens is 1. The predicted molar refractivity (Wildman–Crippen MR) is 62.7 cm³/mol. The first-order chi connectivity index (χ1) is 7.65. The van der Waals surface area contributed by atoms with Gasteiger partial charge in [-0.05, 0) is 26.3 Å². The fraction of sp³-hybridized carbons (Fsp3) is 0.636. The third-order valence-electron chi connectivity index (χ3n) is 2.97. The first kappa shape index (κ1) is 11.5. The topological polar surface area (TPSA) is 62.2 Å². The Morgan fingerprint density at radius 3 is 3.19 bits per heavy atom. The Morgan fingerprint density at radius 1 is 1.75 bits per heavy atom. The van der Waals surface area contributed by atoms with Gasteiger partial charge in [0.25, 0.3) is 0 Å². The Hall–Kier alpha value is -0.940. The number of aliphatic carboxylic acids is 1. The van der Waals surface area contributed by atoms with E-state index >= 15 is 0 Å². The van der Waals surface area contributed by atoms with Gasteiger partial charge in [-0.15, -0.1) is 11.3 Å². The van der Waals surface area contributed by atoms with Crippen LogP contribution < -0.4 is 5.32 Å². The van der Waals surface area contributed by atoms with Crippen LogP contribution in [0.5, 0.6) is 0 Å². The maximum Gasteiger partial charge on any atom is 0.306 e. The highest BCUT2D eigenvalue weighted by Crippen LogP contribution is 2.19. The molecule has 1 aromatic heterocycles. The van der Waals surface area contributed by atoms with E-state index in [1.165, 1.54) is 0 Å². The van der Waals surface area contributed by atoms with Gasteiger partial charge in [0.1, 0.15) is 0 Å². The Bertz CT molecular complexity index is 378. The van der Waals surface area contributed by atoms with Crippen LogP contribution >= 0.6 is 11.3 Å². The van der Waals surface area contributed by atoms with Crippen LogP contribution in [0.25, 0.3) is 0 Å². The van der Waals surface area contributed by atoms with Crippen LogP contribution in [-0.4, -0.2) is 28.6 Å². The van der Waals surface area contributed by atoms with E-state index in [9.17, 15) is 4.79 Å². The van der Waals surface area contributed by atoms with E-state index in [4.69, 9.17) is 5.11 Å². The molecule has 0 aromatic carbocycles. The summed E-state index contributed by atoms with van der Waals surface area (Å²) in [4.78, 5) is 15.3. The van der Waals surface area contributed by atoms with Gasteiger partial charge in [0.2, 0.25) is 0 Å². The largest absolute Gasteiger partial charge is 0.481 e. The third kappa shape index (κ3) is 2.80. The summed E-state index contributed by atoms with van der Waals surface area (Å²) in [6.45, 7) is 2.78. The number of nitrogens with one attached hydrogen (secondary N) is 1. The Balaban J connectivity index is 1.92. The molecule has 2 heterocycles. The van der Waals surface area contributed by atoms with Crippen LogP contribution in [0.4, 0.5) is 0 Å². The summed E-state index contributed by atoms with van der Waals surface area (Å²) in [5.41, 5.74) is 1.08. The smallest absolute Gasteiger partial charge is 0.306 e. The van der Waals surface area contributed by atoms with Crippen LogP contribution in [0.2, 0.25) is 0 Å². The average molecular weight is 240 g/mol. The molecular weight excluding hydrogens is 224 g/mol. The molecule has 1 fully saturated rings. The van der Waals surface area contributed by atoms with Crippen molar-refractivity contribution in [2.75, 3.05) is 6.54 Å². The summed E-state index contributed by atoms with van der Waals surface area (Å²) in [6, 6.07) is 0.261. The molecule has 2 rings (SSSR count). The number of thiazole rings is 1. The van der Waals surface area contributed by atoms with Crippen molar-refractivity contribution < 1.29 is 9.90 Å². The molecule has 0 spiro atoms. The second kappa shape index (κ2) is 4.93. The van der Waals surface area contributed by atoms with E-state index < -0.39 is 5.97 Å². The molecular formula is C11H16N2O2S. The molecule has 5 heteroatoms. The maximum atomic E-state index is 10.9. The van der Waals surface area contributed by atoms with Crippen LogP contribution in [0.1, 0.15) is 23.5 Å². The Morgan fingerprint density at radius 2 is 2.56 bits per heavy atom.